The van der Waals surface area contributed by atoms with Gasteiger partial charge in [-0.3, -0.25) is 5.73 Å². The fourth-order valence-corrected chi connectivity index (χ4v) is 4.02. The van der Waals surface area contributed by atoms with Crippen LogP contribution < -0.4 is 5.73 Å². The Morgan fingerprint density at radius 2 is 1.45 bits per heavy atom. The molecule has 0 heterocycles. The molecule has 0 bridgehead atoms. The van der Waals surface area contributed by atoms with E-state index < -0.39 is 8.07 Å². The van der Waals surface area contributed by atoms with Crippen LogP contribution >= 0.6 is 0 Å². The van der Waals surface area contributed by atoms with Gasteiger partial charge in [0.15, 0.2) is 0 Å². The second-order valence-corrected chi connectivity index (χ2v) is 10.5. The van der Waals surface area contributed by atoms with E-state index in [2.05, 4.69) is 19.6 Å². The lowest BCUT2D eigenvalue weighted by Crippen LogP contribution is -2.32. The van der Waals surface area contributed by atoms with E-state index >= 15 is 0 Å². The maximum atomic E-state index is 7.58. The molecule has 0 spiro atoms. The van der Waals surface area contributed by atoms with Crippen LogP contribution in [0.3, 0.4) is 0 Å². The molecule has 1 saturated carbocycles. The normalized spacial score (nSPS) is 33.8. The first-order valence-corrected chi connectivity index (χ1v) is 8.29. The molecular weight excluding hydrogens is 150 g/mol. The van der Waals surface area contributed by atoms with Gasteiger partial charge in [-0.2, -0.15) is 0 Å². The molecule has 65 valence electrons. The van der Waals surface area contributed by atoms with Gasteiger partial charge in [-0.1, -0.05) is 32.5 Å². The highest BCUT2D eigenvalue weighted by molar-refractivity contribution is 6.77. The predicted molar refractivity (Wildman–Crippen MR) is 52.4 cm³/mol. The van der Waals surface area contributed by atoms with Crippen LogP contribution in [0.15, 0.2) is 0 Å². The summed E-state index contributed by atoms with van der Waals surface area (Å²) in [5, 5.41) is 0. The summed E-state index contributed by atoms with van der Waals surface area (Å²) in [5.74, 6) is 0. The molecule has 11 heavy (non-hydrogen) atoms. The Bertz CT molecular complexity index is 120. The molecule has 1 nitrogen and oxygen atoms in total. The highest BCUT2D eigenvalue weighted by Crippen LogP contribution is 2.36. The van der Waals surface area contributed by atoms with E-state index in [1.54, 1.807) is 0 Å². The van der Waals surface area contributed by atoms with Crippen LogP contribution in [0.1, 0.15) is 25.7 Å². The zero-order chi connectivity index (χ0) is 8.48. The number of hydrogen-bond donors (Lipinski definition) is 0. The molecule has 1 aliphatic carbocycles. The number of nitrogens with one attached hydrogen (secondary N) is 1. The third-order valence-corrected chi connectivity index (χ3v) is 5.98. The number of hydrogen-bond acceptors (Lipinski definition) is 0. The summed E-state index contributed by atoms with van der Waals surface area (Å²) < 4.78 is 0. The molecule has 0 unspecified atom stereocenters. The molecule has 0 aliphatic heterocycles. The van der Waals surface area contributed by atoms with Crippen LogP contribution in [-0.4, -0.2) is 14.1 Å². The first-order chi connectivity index (χ1) is 5.00. The van der Waals surface area contributed by atoms with E-state index in [0.29, 0.717) is 0 Å². The summed E-state index contributed by atoms with van der Waals surface area (Å²) >= 11 is 0. The zero-order valence-electron chi connectivity index (χ0n) is 7.98. The third-order valence-electron chi connectivity index (χ3n) is 2.95. The summed E-state index contributed by atoms with van der Waals surface area (Å²) in [4.78, 5) is 0. The van der Waals surface area contributed by atoms with Gasteiger partial charge >= 0.3 is 0 Å². The molecule has 2 heteroatoms. The SMILES string of the molecule is C[Si](C)(C)[C@H]1CC[C@@H]([NH])CC1. The monoisotopic (exact) mass is 170 g/mol. The molecule has 0 aromatic rings. The molecule has 1 rings (SSSR count). The van der Waals surface area contributed by atoms with Crippen molar-refractivity contribution in [3.8, 4) is 0 Å². The lowest BCUT2D eigenvalue weighted by Gasteiger charge is -2.34. The maximum absolute atomic E-state index is 7.58. The summed E-state index contributed by atoms with van der Waals surface area (Å²) in [5.41, 5.74) is 8.59. The van der Waals surface area contributed by atoms with Crippen LogP contribution in [0.4, 0.5) is 0 Å². The van der Waals surface area contributed by atoms with E-state index in [0.717, 1.165) is 18.4 Å². The van der Waals surface area contributed by atoms with E-state index in [1.807, 2.05) is 0 Å². The van der Waals surface area contributed by atoms with Crippen molar-refractivity contribution in [1.82, 2.24) is 5.73 Å². The minimum atomic E-state index is -0.869. The molecule has 0 aromatic heterocycles. The molecule has 0 aromatic carbocycles. The van der Waals surface area contributed by atoms with E-state index in [4.69, 9.17) is 5.73 Å². The summed E-state index contributed by atoms with van der Waals surface area (Å²) in [7, 11) is -0.869. The second kappa shape index (κ2) is 3.28. The molecule has 1 radical (unpaired) electrons. The minimum absolute atomic E-state index is 0.266. The van der Waals surface area contributed by atoms with Crippen molar-refractivity contribution >= 4 is 8.07 Å². The zero-order valence-corrected chi connectivity index (χ0v) is 8.98. The van der Waals surface area contributed by atoms with Gasteiger partial charge in [0.2, 0.25) is 0 Å². The van der Waals surface area contributed by atoms with Gasteiger partial charge < -0.3 is 0 Å². The molecule has 1 aliphatic rings. The van der Waals surface area contributed by atoms with Crippen molar-refractivity contribution in [2.24, 2.45) is 0 Å². The Balaban J connectivity index is 2.39. The predicted octanol–water partition coefficient (Wildman–Crippen LogP) is 2.92. The number of rotatable bonds is 1. The smallest absolute Gasteiger partial charge is 0.0473 e. The highest BCUT2D eigenvalue weighted by atomic mass is 28.3. The summed E-state index contributed by atoms with van der Waals surface area (Å²) in [6.07, 6.45) is 5.00. The van der Waals surface area contributed by atoms with E-state index in [9.17, 15) is 0 Å². The van der Waals surface area contributed by atoms with Gasteiger partial charge in [-0.25, -0.2) is 0 Å². The van der Waals surface area contributed by atoms with Crippen molar-refractivity contribution in [3.05, 3.63) is 0 Å². The average Bonchev–Trinajstić information content (AvgIpc) is 1.86. The first-order valence-electron chi connectivity index (χ1n) is 4.71. The summed E-state index contributed by atoms with van der Waals surface area (Å²) in [6, 6.07) is 0.266. The van der Waals surface area contributed by atoms with E-state index in [-0.39, 0.29) is 6.04 Å². The average molecular weight is 170 g/mol. The largest absolute Gasteiger partial charge is 0.255 e. The van der Waals surface area contributed by atoms with Crippen molar-refractivity contribution in [3.63, 3.8) is 0 Å². The van der Waals surface area contributed by atoms with Gasteiger partial charge in [-0.05, 0) is 18.4 Å². The van der Waals surface area contributed by atoms with Crippen molar-refractivity contribution in [2.45, 2.75) is 56.9 Å². The molecule has 1 N–H and O–H groups in total. The topological polar surface area (TPSA) is 23.8 Å². The van der Waals surface area contributed by atoms with Crippen LogP contribution in [0.25, 0.3) is 0 Å². The van der Waals surface area contributed by atoms with Crippen LogP contribution in [-0.2, 0) is 0 Å². The lowest BCUT2D eigenvalue weighted by molar-refractivity contribution is 0.425. The Kier molecular flexibility index (Phi) is 2.76. The quantitative estimate of drug-likeness (QED) is 0.540. The standard InChI is InChI=1S/C9H20NSi/c1-11(2,3)9-6-4-8(10)5-7-9/h8-10H,4-7H2,1-3H3/t8-,9+. The minimum Gasteiger partial charge on any atom is -0.255 e. The highest BCUT2D eigenvalue weighted by Gasteiger charge is 2.29. The van der Waals surface area contributed by atoms with Gasteiger partial charge in [0, 0.05) is 14.1 Å². The molecule has 0 saturated heterocycles. The van der Waals surface area contributed by atoms with Crippen molar-refractivity contribution < 1.29 is 0 Å². The van der Waals surface area contributed by atoms with Gasteiger partial charge in [0.1, 0.15) is 0 Å². The molecule has 1 fully saturated rings. The Hall–Kier alpha value is 0.177. The van der Waals surface area contributed by atoms with Gasteiger partial charge in [-0.15, -0.1) is 0 Å². The maximum Gasteiger partial charge on any atom is 0.0473 e. The van der Waals surface area contributed by atoms with Crippen LogP contribution in [0.2, 0.25) is 25.2 Å². The van der Waals surface area contributed by atoms with Crippen LogP contribution in [0, 0.1) is 0 Å². The molecule has 0 amide bonds. The Labute approximate surface area is 71.4 Å². The first kappa shape index (κ1) is 9.27. The second-order valence-electron chi connectivity index (χ2n) is 4.91. The van der Waals surface area contributed by atoms with Crippen molar-refractivity contribution in [1.29, 1.82) is 0 Å². The van der Waals surface area contributed by atoms with Crippen molar-refractivity contribution in [2.75, 3.05) is 0 Å². The van der Waals surface area contributed by atoms with E-state index in [1.165, 1.54) is 12.8 Å². The summed E-state index contributed by atoms with van der Waals surface area (Å²) in [6.45, 7) is 7.38. The van der Waals surface area contributed by atoms with Gasteiger partial charge in [0.25, 0.3) is 0 Å². The fourth-order valence-electron chi connectivity index (χ4n) is 1.96. The molecular formula is C9H20NSi. The third kappa shape index (κ3) is 2.60. The Morgan fingerprint density at radius 3 is 1.82 bits per heavy atom. The Morgan fingerprint density at radius 1 is 1.00 bits per heavy atom. The molecule has 0 atom stereocenters. The fraction of sp³-hybridized carbons (Fsp3) is 1.00. The van der Waals surface area contributed by atoms with Crippen LogP contribution in [0.5, 0.6) is 0 Å². The lowest BCUT2D eigenvalue weighted by atomic mass is 9.96. The van der Waals surface area contributed by atoms with Gasteiger partial charge in [0.05, 0.1) is 0 Å².